The summed E-state index contributed by atoms with van der Waals surface area (Å²) in [5.74, 6) is 0.315. The molecule has 2 N–H and O–H groups in total. The highest BCUT2D eigenvalue weighted by molar-refractivity contribution is 7.92. The second-order valence-corrected chi connectivity index (χ2v) is 7.76. The van der Waals surface area contributed by atoms with Crippen molar-refractivity contribution in [2.24, 2.45) is 0 Å². The Labute approximate surface area is 115 Å². The SMILES string of the molecule is O=S1(=O)CCCC1CNCC(O)CN1CCOCC1. The summed E-state index contributed by atoms with van der Waals surface area (Å²) < 4.78 is 28.5. The number of aliphatic hydroxyl groups is 1. The number of aliphatic hydroxyl groups excluding tert-OH is 1. The zero-order valence-electron chi connectivity index (χ0n) is 11.3. The molecule has 0 aromatic rings. The van der Waals surface area contributed by atoms with Crippen molar-refractivity contribution in [3.63, 3.8) is 0 Å². The summed E-state index contributed by atoms with van der Waals surface area (Å²) in [6.45, 7) is 4.68. The molecule has 0 aliphatic carbocycles. The molecular weight excluding hydrogens is 268 g/mol. The number of hydrogen-bond donors (Lipinski definition) is 2. The molecule has 7 heteroatoms. The lowest BCUT2D eigenvalue weighted by atomic mass is 10.2. The van der Waals surface area contributed by atoms with Gasteiger partial charge in [-0.15, -0.1) is 0 Å². The van der Waals surface area contributed by atoms with E-state index in [0.717, 1.165) is 39.1 Å². The fourth-order valence-electron chi connectivity index (χ4n) is 2.64. The first-order valence-corrected chi connectivity index (χ1v) is 8.70. The Kier molecular flexibility index (Phi) is 5.58. The van der Waals surface area contributed by atoms with Gasteiger partial charge < -0.3 is 15.2 Å². The highest BCUT2D eigenvalue weighted by Crippen LogP contribution is 2.18. The van der Waals surface area contributed by atoms with Crippen LogP contribution in [0.2, 0.25) is 0 Å². The van der Waals surface area contributed by atoms with Gasteiger partial charge in [-0.2, -0.15) is 0 Å². The molecule has 2 fully saturated rings. The summed E-state index contributed by atoms with van der Waals surface area (Å²) in [6.07, 6.45) is 1.06. The highest BCUT2D eigenvalue weighted by Gasteiger charge is 2.30. The maximum atomic E-state index is 11.6. The van der Waals surface area contributed by atoms with E-state index in [1.165, 1.54) is 0 Å². The Morgan fingerprint density at radius 2 is 2.11 bits per heavy atom. The van der Waals surface area contributed by atoms with E-state index in [1.54, 1.807) is 0 Å². The minimum atomic E-state index is -2.88. The monoisotopic (exact) mass is 292 g/mol. The zero-order chi connectivity index (χ0) is 13.7. The van der Waals surface area contributed by atoms with Crippen molar-refractivity contribution in [3.05, 3.63) is 0 Å². The van der Waals surface area contributed by atoms with Gasteiger partial charge in [0.1, 0.15) is 0 Å². The largest absolute Gasteiger partial charge is 0.390 e. The molecule has 2 atom stereocenters. The number of nitrogens with one attached hydrogen (secondary N) is 1. The Balaban J connectivity index is 1.62. The number of β-amino-alcohol motifs (C(OH)–C–C–N with tert-alkyl or cyclic N) is 1. The van der Waals surface area contributed by atoms with E-state index in [-0.39, 0.29) is 5.25 Å². The molecule has 2 unspecified atom stereocenters. The maximum Gasteiger partial charge on any atom is 0.154 e. The van der Waals surface area contributed by atoms with Crippen LogP contribution in [0, 0.1) is 0 Å². The third kappa shape index (κ3) is 4.68. The summed E-state index contributed by atoms with van der Waals surface area (Å²) in [7, 11) is -2.88. The summed E-state index contributed by atoms with van der Waals surface area (Å²) in [4.78, 5) is 2.17. The number of morpholine rings is 1. The Morgan fingerprint density at radius 3 is 2.74 bits per heavy atom. The second kappa shape index (κ2) is 6.99. The Bertz CT molecular complexity index is 368. The molecule has 2 saturated heterocycles. The van der Waals surface area contributed by atoms with E-state index in [4.69, 9.17) is 4.74 Å². The number of rotatable bonds is 6. The normalized spacial score (nSPS) is 29.4. The van der Waals surface area contributed by atoms with Crippen molar-refractivity contribution in [2.45, 2.75) is 24.2 Å². The van der Waals surface area contributed by atoms with Crippen LogP contribution in [0.3, 0.4) is 0 Å². The summed E-state index contributed by atoms with van der Waals surface area (Å²) >= 11 is 0. The zero-order valence-corrected chi connectivity index (χ0v) is 12.1. The predicted octanol–water partition coefficient (Wildman–Crippen LogP) is -1.15. The van der Waals surface area contributed by atoms with Gasteiger partial charge in [0.25, 0.3) is 0 Å². The van der Waals surface area contributed by atoms with E-state index in [9.17, 15) is 13.5 Å². The summed E-state index contributed by atoms with van der Waals surface area (Å²) in [5, 5.41) is 12.7. The molecule has 2 aliphatic heterocycles. The Morgan fingerprint density at radius 1 is 1.37 bits per heavy atom. The molecule has 6 nitrogen and oxygen atoms in total. The lowest BCUT2D eigenvalue weighted by Gasteiger charge is -2.28. The number of nitrogens with zero attached hydrogens (tertiary/aromatic N) is 1. The van der Waals surface area contributed by atoms with Crippen LogP contribution in [0.5, 0.6) is 0 Å². The van der Waals surface area contributed by atoms with Crippen LogP contribution in [-0.4, -0.2) is 81.5 Å². The van der Waals surface area contributed by atoms with Crippen molar-refractivity contribution in [2.75, 3.05) is 51.7 Å². The van der Waals surface area contributed by atoms with Gasteiger partial charge in [-0.1, -0.05) is 0 Å². The minimum Gasteiger partial charge on any atom is -0.390 e. The van der Waals surface area contributed by atoms with Crippen molar-refractivity contribution in [3.8, 4) is 0 Å². The molecule has 0 aromatic carbocycles. The molecule has 0 bridgehead atoms. The molecular formula is C12H24N2O4S. The average molecular weight is 292 g/mol. The molecule has 2 heterocycles. The van der Waals surface area contributed by atoms with E-state index in [1.807, 2.05) is 0 Å². The Hall–Kier alpha value is -0.210. The number of hydrogen-bond acceptors (Lipinski definition) is 6. The van der Waals surface area contributed by atoms with Crippen molar-refractivity contribution < 1.29 is 18.3 Å². The van der Waals surface area contributed by atoms with Gasteiger partial charge in [0.15, 0.2) is 9.84 Å². The lowest BCUT2D eigenvalue weighted by Crippen LogP contribution is -2.44. The molecule has 0 aromatic heterocycles. The number of sulfone groups is 1. The molecule has 112 valence electrons. The summed E-state index contributed by atoms with van der Waals surface area (Å²) in [6, 6.07) is 0. The number of ether oxygens (including phenoxy) is 1. The first-order chi connectivity index (χ1) is 9.08. The summed E-state index contributed by atoms with van der Waals surface area (Å²) in [5.41, 5.74) is 0. The van der Waals surface area contributed by atoms with Gasteiger partial charge in [0, 0.05) is 32.7 Å². The quantitative estimate of drug-likeness (QED) is 0.643. The van der Waals surface area contributed by atoms with Crippen LogP contribution in [0.4, 0.5) is 0 Å². The van der Waals surface area contributed by atoms with Crippen LogP contribution < -0.4 is 5.32 Å². The minimum absolute atomic E-state index is 0.261. The van der Waals surface area contributed by atoms with Crippen LogP contribution in [0.25, 0.3) is 0 Å². The van der Waals surface area contributed by atoms with Crippen molar-refractivity contribution in [1.82, 2.24) is 10.2 Å². The van der Waals surface area contributed by atoms with Gasteiger partial charge >= 0.3 is 0 Å². The van der Waals surface area contributed by atoms with Gasteiger partial charge in [0.2, 0.25) is 0 Å². The van der Waals surface area contributed by atoms with Crippen LogP contribution in [-0.2, 0) is 14.6 Å². The van der Waals surface area contributed by atoms with Crippen LogP contribution in [0.15, 0.2) is 0 Å². The molecule has 2 aliphatic rings. The molecule has 0 amide bonds. The predicted molar refractivity (Wildman–Crippen MR) is 72.9 cm³/mol. The first kappa shape index (κ1) is 15.2. The topological polar surface area (TPSA) is 78.9 Å². The van der Waals surface area contributed by atoms with Crippen LogP contribution >= 0.6 is 0 Å². The fourth-order valence-corrected chi connectivity index (χ4v) is 4.44. The molecule has 2 rings (SSSR count). The van der Waals surface area contributed by atoms with Gasteiger partial charge in [-0.3, -0.25) is 4.90 Å². The van der Waals surface area contributed by atoms with Gasteiger partial charge in [-0.05, 0) is 12.8 Å². The van der Waals surface area contributed by atoms with E-state index >= 15 is 0 Å². The van der Waals surface area contributed by atoms with Crippen molar-refractivity contribution in [1.29, 1.82) is 0 Å². The molecule has 0 saturated carbocycles. The van der Waals surface area contributed by atoms with E-state index < -0.39 is 15.9 Å². The van der Waals surface area contributed by atoms with E-state index in [0.29, 0.717) is 25.4 Å². The maximum absolute atomic E-state index is 11.6. The van der Waals surface area contributed by atoms with Crippen LogP contribution in [0.1, 0.15) is 12.8 Å². The van der Waals surface area contributed by atoms with Gasteiger partial charge in [-0.25, -0.2) is 8.42 Å². The molecule has 0 spiro atoms. The van der Waals surface area contributed by atoms with Crippen molar-refractivity contribution >= 4 is 9.84 Å². The highest BCUT2D eigenvalue weighted by atomic mass is 32.2. The van der Waals surface area contributed by atoms with E-state index in [2.05, 4.69) is 10.2 Å². The standard InChI is InChI=1S/C12H24N2O4S/c15-11(10-14-3-5-18-6-4-14)8-13-9-12-2-1-7-19(12,16)17/h11-13,15H,1-10H2. The lowest BCUT2D eigenvalue weighted by molar-refractivity contribution is 0.0150. The third-order valence-electron chi connectivity index (χ3n) is 3.79. The smallest absolute Gasteiger partial charge is 0.154 e. The molecule has 19 heavy (non-hydrogen) atoms. The third-order valence-corrected chi connectivity index (χ3v) is 6.06. The molecule has 0 radical (unpaired) electrons. The van der Waals surface area contributed by atoms with Gasteiger partial charge in [0.05, 0.1) is 30.3 Å². The average Bonchev–Trinajstić information content (AvgIpc) is 2.70. The second-order valence-electron chi connectivity index (χ2n) is 5.36. The first-order valence-electron chi connectivity index (χ1n) is 6.98. The fraction of sp³-hybridized carbons (Fsp3) is 1.00.